The second-order valence-corrected chi connectivity index (χ2v) is 7.75. The fraction of sp³-hybridized carbons (Fsp3) is 0.450. The number of nitrogens with zero attached hydrogens (tertiary/aromatic N) is 3. The molecule has 2 heterocycles. The van der Waals surface area contributed by atoms with Crippen LogP contribution in [0.1, 0.15) is 31.3 Å². The molecule has 2 amide bonds. The molecule has 0 N–H and O–H groups in total. The van der Waals surface area contributed by atoms with Crippen molar-refractivity contribution in [2.24, 2.45) is 0 Å². The smallest absolute Gasteiger partial charge is 0.410 e. The standard InChI is InChI=1S/C20H23F2N3O4/c1-20(2,3)29-19(27)25-7-5-24(6-8-25)18(26)15-11-16(28-4)13-9-12(21)10-14(22)17(13)23-15/h9-11H,5-8H2,1-4H3. The van der Waals surface area contributed by atoms with Crippen molar-refractivity contribution in [3.63, 3.8) is 0 Å². The van der Waals surface area contributed by atoms with E-state index in [1.807, 2.05) is 0 Å². The van der Waals surface area contributed by atoms with E-state index < -0.39 is 29.2 Å². The summed E-state index contributed by atoms with van der Waals surface area (Å²) in [5, 5.41) is 0.149. The Hall–Kier alpha value is -2.97. The van der Waals surface area contributed by atoms with Gasteiger partial charge < -0.3 is 19.3 Å². The maximum absolute atomic E-state index is 14.2. The molecule has 2 aromatic rings. The van der Waals surface area contributed by atoms with E-state index in [1.165, 1.54) is 23.0 Å². The van der Waals surface area contributed by atoms with E-state index in [9.17, 15) is 18.4 Å². The Labute approximate surface area is 167 Å². The van der Waals surface area contributed by atoms with E-state index >= 15 is 0 Å². The van der Waals surface area contributed by atoms with Crippen molar-refractivity contribution in [1.29, 1.82) is 0 Å². The quantitative estimate of drug-likeness (QED) is 0.765. The molecule has 3 rings (SSSR count). The highest BCUT2D eigenvalue weighted by atomic mass is 19.1. The van der Waals surface area contributed by atoms with Gasteiger partial charge in [0.15, 0.2) is 5.82 Å². The number of methoxy groups -OCH3 is 1. The Morgan fingerprint density at radius 2 is 1.66 bits per heavy atom. The number of amides is 2. The summed E-state index contributed by atoms with van der Waals surface area (Å²) in [6.45, 7) is 6.55. The molecule has 29 heavy (non-hydrogen) atoms. The number of ether oxygens (including phenoxy) is 2. The van der Waals surface area contributed by atoms with Gasteiger partial charge in [-0.1, -0.05) is 0 Å². The van der Waals surface area contributed by atoms with E-state index in [1.54, 1.807) is 20.8 Å². The molecule has 0 bridgehead atoms. The molecule has 0 radical (unpaired) electrons. The molecule has 1 aromatic heterocycles. The van der Waals surface area contributed by atoms with Gasteiger partial charge in [0, 0.05) is 43.7 Å². The molecule has 1 saturated heterocycles. The molecule has 156 valence electrons. The number of carbonyl (C=O) groups excluding carboxylic acids is 2. The summed E-state index contributed by atoms with van der Waals surface area (Å²) < 4.78 is 38.2. The van der Waals surface area contributed by atoms with Crippen LogP contribution in [0.4, 0.5) is 13.6 Å². The second-order valence-electron chi connectivity index (χ2n) is 7.75. The molecule has 0 unspecified atom stereocenters. The first-order valence-corrected chi connectivity index (χ1v) is 9.20. The van der Waals surface area contributed by atoms with Crippen LogP contribution >= 0.6 is 0 Å². The first kappa shape index (κ1) is 20.8. The molecule has 9 heteroatoms. The lowest BCUT2D eigenvalue weighted by atomic mass is 10.1. The van der Waals surface area contributed by atoms with Crippen molar-refractivity contribution in [3.05, 3.63) is 35.5 Å². The fourth-order valence-electron chi connectivity index (χ4n) is 3.08. The van der Waals surface area contributed by atoms with Gasteiger partial charge in [-0.3, -0.25) is 4.79 Å². The lowest BCUT2D eigenvalue weighted by Gasteiger charge is -2.35. The van der Waals surface area contributed by atoms with Gasteiger partial charge >= 0.3 is 6.09 Å². The van der Waals surface area contributed by atoms with E-state index in [0.717, 1.165) is 6.07 Å². The average Bonchev–Trinajstić information content (AvgIpc) is 2.65. The van der Waals surface area contributed by atoms with Crippen LogP contribution in [0.25, 0.3) is 10.9 Å². The summed E-state index contributed by atoms with van der Waals surface area (Å²) in [5.41, 5.74) is -0.744. The molecule has 0 saturated carbocycles. The number of aromatic nitrogens is 1. The minimum absolute atomic E-state index is 0.00873. The van der Waals surface area contributed by atoms with Crippen molar-refractivity contribution in [2.75, 3.05) is 33.3 Å². The number of hydrogen-bond acceptors (Lipinski definition) is 5. The number of fused-ring (bicyclic) bond motifs is 1. The first-order chi connectivity index (χ1) is 13.6. The van der Waals surface area contributed by atoms with Gasteiger partial charge in [-0.05, 0) is 26.8 Å². The van der Waals surface area contributed by atoms with Crippen LogP contribution in [-0.2, 0) is 4.74 Å². The van der Waals surface area contributed by atoms with Crippen molar-refractivity contribution in [1.82, 2.24) is 14.8 Å². The SMILES string of the molecule is COc1cc(C(=O)N2CCN(C(=O)OC(C)(C)C)CC2)nc2c(F)cc(F)cc12. The third-order valence-corrected chi connectivity index (χ3v) is 4.45. The van der Waals surface area contributed by atoms with Crippen LogP contribution in [-0.4, -0.2) is 65.7 Å². The predicted molar refractivity (Wildman–Crippen MR) is 102 cm³/mol. The van der Waals surface area contributed by atoms with Crippen molar-refractivity contribution < 1.29 is 27.8 Å². The molecule has 7 nitrogen and oxygen atoms in total. The number of halogens is 2. The second kappa shape index (κ2) is 7.81. The van der Waals surface area contributed by atoms with E-state index in [-0.39, 0.29) is 35.4 Å². The van der Waals surface area contributed by atoms with Gasteiger partial charge in [0.2, 0.25) is 0 Å². The van der Waals surface area contributed by atoms with Crippen molar-refractivity contribution in [2.45, 2.75) is 26.4 Å². The summed E-state index contributed by atoms with van der Waals surface area (Å²) in [7, 11) is 1.35. The predicted octanol–water partition coefficient (Wildman–Crippen LogP) is 3.21. The van der Waals surface area contributed by atoms with Gasteiger partial charge in [0.1, 0.15) is 28.4 Å². The topological polar surface area (TPSA) is 72.0 Å². The molecule has 0 aliphatic carbocycles. The van der Waals surface area contributed by atoms with Crippen molar-refractivity contribution in [3.8, 4) is 5.75 Å². The number of hydrogen-bond donors (Lipinski definition) is 0. The minimum atomic E-state index is -0.873. The molecule has 1 aromatic carbocycles. The molecule has 1 aliphatic heterocycles. The Morgan fingerprint density at radius 3 is 2.24 bits per heavy atom. The highest BCUT2D eigenvalue weighted by Gasteiger charge is 2.29. The zero-order valence-corrected chi connectivity index (χ0v) is 16.8. The highest BCUT2D eigenvalue weighted by molar-refractivity contribution is 5.97. The number of benzene rings is 1. The van der Waals surface area contributed by atoms with Crippen molar-refractivity contribution >= 4 is 22.9 Å². The Kier molecular flexibility index (Phi) is 5.59. The van der Waals surface area contributed by atoms with Crippen LogP contribution in [0, 0.1) is 11.6 Å². The molecular formula is C20H23F2N3O4. The number of rotatable bonds is 2. The fourth-order valence-corrected chi connectivity index (χ4v) is 3.08. The molecule has 0 atom stereocenters. The number of carbonyl (C=O) groups is 2. The summed E-state index contributed by atoms with van der Waals surface area (Å²) in [4.78, 5) is 32.2. The number of pyridine rings is 1. The Morgan fingerprint density at radius 1 is 1.03 bits per heavy atom. The molecular weight excluding hydrogens is 384 g/mol. The van der Waals surface area contributed by atoms with Crippen LogP contribution in [0.15, 0.2) is 18.2 Å². The van der Waals surface area contributed by atoms with Crippen LogP contribution in [0.3, 0.4) is 0 Å². The largest absolute Gasteiger partial charge is 0.496 e. The maximum atomic E-state index is 14.2. The first-order valence-electron chi connectivity index (χ1n) is 9.20. The van der Waals surface area contributed by atoms with Gasteiger partial charge in [-0.15, -0.1) is 0 Å². The van der Waals surface area contributed by atoms with Crippen LogP contribution in [0.5, 0.6) is 5.75 Å². The third kappa shape index (κ3) is 4.55. The van der Waals surface area contributed by atoms with E-state index in [4.69, 9.17) is 9.47 Å². The van der Waals surface area contributed by atoms with E-state index in [2.05, 4.69) is 4.98 Å². The summed E-state index contributed by atoms with van der Waals surface area (Å²) in [6, 6.07) is 3.19. The van der Waals surface area contributed by atoms with Crippen LogP contribution in [0.2, 0.25) is 0 Å². The number of piperazine rings is 1. The molecule has 1 aliphatic rings. The summed E-state index contributed by atoms with van der Waals surface area (Å²) in [5.74, 6) is -1.89. The Bertz CT molecular complexity index is 951. The van der Waals surface area contributed by atoms with Gasteiger partial charge in [-0.2, -0.15) is 0 Å². The van der Waals surface area contributed by atoms with Gasteiger partial charge in [-0.25, -0.2) is 18.6 Å². The average molecular weight is 407 g/mol. The molecule has 1 fully saturated rings. The van der Waals surface area contributed by atoms with Crippen LogP contribution < -0.4 is 4.74 Å². The minimum Gasteiger partial charge on any atom is -0.496 e. The lowest BCUT2D eigenvalue weighted by molar-refractivity contribution is 0.0140. The third-order valence-electron chi connectivity index (χ3n) is 4.45. The summed E-state index contributed by atoms with van der Waals surface area (Å²) in [6.07, 6.45) is -0.431. The molecule has 0 spiro atoms. The zero-order valence-electron chi connectivity index (χ0n) is 16.8. The maximum Gasteiger partial charge on any atom is 0.410 e. The van der Waals surface area contributed by atoms with Gasteiger partial charge in [0.05, 0.1) is 7.11 Å². The zero-order chi connectivity index (χ0) is 21.3. The lowest BCUT2D eigenvalue weighted by Crippen LogP contribution is -2.51. The normalized spacial score (nSPS) is 14.8. The monoisotopic (exact) mass is 407 g/mol. The van der Waals surface area contributed by atoms with E-state index in [0.29, 0.717) is 19.2 Å². The van der Waals surface area contributed by atoms with Gasteiger partial charge in [0.25, 0.3) is 5.91 Å². The Balaban J connectivity index is 1.78. The highest BCUT2D eigenvalue weighted by Crippen LogP contribution is 2.28. The summed E-state index contributed by atoms with van der Waals surface area (Å²) >= 11 is 0.